The van der Waals surface area contributed by atoms with Gasteiger partial charge in [0.1, 0.15) is 5.82 Å². The molecule has 0 fully saturated rings. The molecule has 120 valence electrons. The average molecular weight is 356 g/mol. The molecule has 0 unspecified atom stereocenters. The number of rotatable bonds is 5. The van der Waals surface area contributed by atoms with Crippen LogP contribution >= 0.6 is 23.2 Å². The summed E-state index contributed by atoms with van der Waals surface area (Å²) in [5, 5.41) is 3.27. The predicted octanol–water partition coefficient (Wildman–Crippen LogP) is 3.86. The van der Waals surface area contributed by atoms with Crippen LogP contribution in [0.25, 0.3) is 0 Å². The zero-order chi connectivity index (χ0) is 16.8. The lowest BCUT2D eigenvalue weighted by atomic mass is 10.1. The Balaban J connectivity index is 1.81. The molecule has 0 aliphatic heterocycles. The van der Waals surface area contributed by atoms with Gasteiger partial charge in [0, 0.05) is 15.7 Å². The normalized spacial score (nSPS) is 10.2. The van der Waals surface area contributed by atoms with Gasteiger partial charge in [0.15, 0.2) is 6.61 Å². The Morgan fingerprint density at radius 1 is 1.04 bits per heavy atom. The van der Waals surface area contributed by atoms with Gasteiger partial charge in [0.25, 0.3) is 5.91 Å². The van der Waals surface area contributed by atoms with Crippen LogP contribution in [0.2, 0.25) is 10.0 Å². The quantitative estimate of drug-likeness (QED) is 0.828. The Labute approximate surface area is 142 Å². The van der Waals surface area contributed by atoms with Gasteiger partial charge in [0.05, 0.1) is 6.42 Å². The van der Waals surface area contributed by atoms with Gasteiger partial charge in [-0.25, -0.2) is 4.39 Å². The predicted molar refractivity (Wildman–Crippen MR) is 86.2 cm³/mol. The molecule has 0 saturated carbocycles. The summed E-state index contributed by atoms with van der Waals surface area (Å²) in [7, 11) is 0. The van der Waals surface area contributed by atoms with Crippen LogP contribution in [0.5, 0.6) is 0 Å². The number of carbonyl (C=O) groups excluding carboxylic acids is 2. The van der Waals surface area contributed by atoms with Crippen LogP contribution in [0.3, 0.4) is 0 Å². The minimum Gasteiger partial charge on any atom is -0.455 e. The Morgan fingerprint density at radius 3 is 2.26 bits per heavy atom. The number of benzene rings is 2. The van der Waals surface area contributed by atoms with Crippen LogP contribution < -0.4 is 5.32 Å². The molecular weight excluding hydrogens is 344 g/mol. The summed E-state index contributed by atoms with van der Waals surface area (Å²) >= 11 is 11.6. The molecule has 0 aromatic heterocycles. The van der Waals surface area contributed by atoms with E-state index in [4.69, 9.17) is 27.9 Å². The fraction of sp³-hybridized carbons (Fsp3) is 0.125. The summed E-state index contributed by atoms with van der Waals surface area (Å²) in [5.41, 5.74) is 1.00. The first-order valence-corrected chi connectivity index (χ1v) is 7.34. The van der Waals surface area contributed by atoms with Gasteiger partial charge in [-0.15, -0.1) is 0 Å². The monoisotopic (exact) mass is 355 g/mol. The number of anilines is 1. The van der Waals surface area contributed by atoms with Gasteiger partial charge >= 0.3 is 5.97 Å². The van der Waals surface area contributed by atoms with Crippen molar-refractivity contribution in [1.82, 2.24) is 0 Å². The molecule has 0 atom stereocenters. The second kappa shape index (κ2) is 7.94. The van der Waals surface area contributed by atoms with Gasteiger partial charge in [-0.1, -0.05) is 35.3 Å². The molecule has 1 N–H and O–H groups in total. The lowest BCUT2D eigenvalue weighted by molar-refractivity contribution is -0.146. The van der Waals surface area contributed by atoms with E-state index < -0.39 is 18.5 Å². The van der Waals surface area contributed by atoms with E-state index in [1.807, 2.05) is 0 Å². The molecule has 0 spiro atoms. The van der Waals surface area contributed by atoms with Crippen LogP contribution in [-0.4, -0.2) is 18.5 Å². The molecule has 0 bridgehead atoms. The van der Waals surface area contributed by atoms with Crippen molar-refractivity contribution in [2.24, 2.45) is 0 Å². The number of carbonyl (C=O) groups is 2. The van der Waals surface area contributed by atoms with Crippen molar-refractivity contribution in [3.05, 3.63) is 63.9 Å². The van der Waals surface area contributed by atoms with E-state index in [2.05, 4.69) is 5.32 Å². The molecular formula is C16H12Cl2FNO3. The molecule has 0 aliphatic carbocycles. The maximum Gasteiger partial charge on any atom is 0.310 e. The molecule has 2 aromatic rings. The minimum atomic E-state index is -0.587. The van der Waals surface area contributed by atoms with Crippen molar-refractivity contribution >= 4 is 40.8 Å². The fourth-order valence-electron chi connectivity index (χ4n) is 1.79. The highest BCUT2D eigenvalue weighted by Gasteiger charge is 2.10. The first kappa shape index (κ1) is 17.2. The van der Waals surface area contributed by atoms with E-state index in [9.17, 15) is 14.0 Å². The standard InChI is InChI=1S/C16H12Cl2FNO3/c17-11-6-12(18)8-14(7-11)20-15(21)9-23-16(22)5-10-1-3-13(19)4-2-10/h1-4,6-8H,5,9H2,(H,20,21). The zero-order valence-electron chi connectivity index (χ0n) is 11.8. The lowest BCUT2D eigenvalue weighted by Gasteiger charge is -2.07. The van der Waals surface area contributed by atoms with Crippen LogP contribution in [0.15, 0.2) is 42.5 Å². The number of amides is 1. The van der Waals surface area contributed by atoms with Crippen LogP contribution in [0, 0.1) is 5.82 Å². The first-order chi connectivity index (χ1) is 10.9. The SMILES string of the molecule is O=C(COC(=O)Cc1ccc(F)cc1)Nc1cc(Cl)cc(Cl)c1. The van der Waals surface area contributed by atoms with E-state index in [1.54, 1.807) is 0 Å². The summed E-state index contributed by atoms with van der Waals surface area (Å²) in [5.74, 6) is -1.49. The van der Waals surface area contributed by atoms with Crippen molar-refractivity contribution in [1.29, 1.82) is 0 Å². The van der Waals surface area contributed by atoms with Crippen LogP contribution in [-0.2, 0) is 20.7 Å². The molecule has 2 aromatic carbocycles. The smallest absolute Gasteiger partial charge is 0.310 e. The van der Waals surface area contributed by atoms with E-state index in [-0.39, 0.29) is 12.2 Å². The first-order valence-electron chi connectivity index (χ1n) is 6.58. The molecule has 2 rings (SSSR count). The summed E-state index contributed by atoms with van der Waals surface area (Å²) in [4.78, 5) is 23.3. The molecule has 0 radical (unpaired) electrons. The maximum absolute atomic E-state index is 12.8. The second-order valence-electron chi connectivity index (χ2n) is 4.67. The topological polar surface area (TPSA) is 55.4 Å². The maximum atomic E-state index is 12.8. The van der Waals surface area contributed by atoms with Gasteiger partial charge < -0.3 is 10.1 Å². The van der Waals surface area contributed by atoms with E-state index in [1.165, 1.54) is 42.5 Å². The van der Waals surface area contributed by atoms with E-state index >= 15 is 0 Å². The van der Waals surface area contributed by atoms with Crippen molar-refractivity contribution in [3.63, 3.8) is 0 Å². The van der Waals surface area contributed by atoms with E-state index in [0.29, 0.717) is 21.3 Å². The molecule has 4 nitrogen and oxygen atoms in total. The third kappa shape index (κ3) is 5.88. The molecule has 23 heavy (non-hydrogen) atoms. The highest BCUT2D eigenvalue weighted by molar-refractivity contribution is 6.35. The second-order valence-corrected chi connectivity index (χ2v) is 5.54. The van der Waals surface area contributed by atoms with Crippen molar-refractivity contribution in [2.45, 2.75) is 6.42 Å². The largest absolute Gasteiger partial charge is 0.455 e. The summed E-state index contributed by atoms with van der Waals surface area (Å²) in [6, 6.07) is 10.0. The number of esters is 1. The zero-order valence-corrected chi connectivity index (χ0v) is 13.3. The number of ether oxygens (including phenoxy) is 1. The Hall–Kier alpha value is -2.11. The van der Waals surface area contributed by atoms with Gasteiger partial charge in [0.2, 0.25) is 0 Å². The molecule has 1 amide bonds. The number of halogens is 3. The van der Waals surface area contributed by atoms with Gasteiger partial charge in [-0.3, -0.25) is 9.59 Å². The van der Waals surface area contributed by atoms with Gasteiger partial charge in [-0.05, 0) is 35.9 Å². The van der Waals surface area contributed by atoms with Crippen molar-refractivity contribution < 1.29 is 18.7 Å². The number of hydrogen-bond acceptors (Lipinski definition) is 3. The lowest BCUT2D eigenvalue weighted by Crippen LogP contribution is -2.21. The molecule has 0 aliphatic rings. The Bertz CT molecular complexity index is 700. The Morgan fingerprint density at radius 2 is 1.65 bits per heavy atom. The summed E-state index contributed by atoms with van der Waals surface area (Å²) < 4.78 is 17.6. The highest BCUT2D eigenvalue weighted by Crippen LogP contribution is 2.22. The molecule has 7 heteroatoms. The highest BCUT2D eigenvalue weighted by atomic mass is 35.5. The van der Waals surface area contributed by atoms with Crippen LogP contribution in [0.1, 0.15) is 5.56 Å². The van der Waals surface area contributed by atoms with Gasteiger partial charge in [-0.2, -0.15) is 0 Å². The Kier molecular flexibility index (Phi) is 5.96. The third-order valence-corrected chi connectivity index (χ3v) is 3.21. The minimum absolute atomic E-state index is 0.0451. The van der Waals surface area contributed by atoms with Crippen molar-refractivity contribution in [3.8, 4) is 0 Å². The van der Waals surface area contributed by atoms with Crippen molar-refractivity contribution in [2.75, 3.05) is 11.9 Å². The average Bonchev–Trinajstić information content (AvgIpc) is 2.46. The van der Waals surface area contributed by atoms with E-state index in [0.717, 1.165) is 0 Å². The molecule has 0 heterocycles. The van der Waals surface area contributed by atoms with Crippen LogP contribution in [0.4, 0.5) is 10.1 Å². The number of hydrogen-bond donors (Lipinski definition) is 1. The summed E-state index contributed by atoms with van der Waals surface area (Å²) in [6.07, 6.45) is -0.0451. The fourth-order valence-corrected chi connectivity index (χ4v) is 2.32. The third-order valence-electron chi connectivity index (χ3n) is 2.77. The number of nitrogens with one attached hydrogen (secondary N) is 1. The summed E-state index contributed by atoms with van der Waals surface area (Å²) in [6.45, 7) is -0.440. The molecule has 0 saturated heterocycles.